The number of nitrogens with zero attached hydrogens (tertiary/aromatic N) is 2. The van der Waals surface area contributed by atoms with Crippen molar-refractivity contribution in [3.63, 3.8) is 0 Å². The lowest BCUT2D eigenvalue weighted by molar-refractivity contribution is -0.155. The highest BCUT2D eigenvalue weighted by Gasteiger charge is 2.46. The van der Waals surface area contributed by atoms with Crippen molar-refractivity contribution in [2.75, 3.05) is 107 Å². The van der Waals surface area contributed by atoms with Crippen LogP contribution in [0.15, 0.2) is 54.6 Å². The second kappa shape index (κ2) is 26.2. The Morgan fingerprint density at radius 1 is 0.611 bits per heavy atom. The van der Waals surface area contributed by atoms with E-state index in [4.69, 9.17) is 47.8 Å². The Morgan fingerprint density at radius 3 is 1.44 bits per heavy atom. The molecule has 5 heterocycles. The molecular formula is C53H72N4O15. The number of esters is 2. The summed E-state index contributed by atoms with van der Waals surface area (Å²) >= 11 is 0. The van der Waals surface area contributed by atoms with E-state index in [-0.39, 0.29) is 41.9 Å². The Morgan fingerprint density at radius 2 is 1.01 bits per heavy atom. The van der Waals surface area contributed by atoms with Crippen molar-refractivity contribution in [1.29, 1.82) is 0 Å². The molecular weight excluding hydrogens is 933 g/mol. The van der Waals surface area contributed by atoms with Crippen LogP contribution in [0.2, 0.25) is 0 Å². The summed E-state index contributed by atoms with van der Waals surface area (Å²) in [6.45, 7) is 16.3. The molecule has 394 valence electrons. The summed E-state index contributed by atoms with van der Waals surface area (Å²) in [5.41, 5.74) is 4.56. The number of rotatable bonds is 11. The molecule has 3 N–H and O–H groups in total. The van der Waals surface area contributed by atoms with Crippen LogP contribution in [0.5, 0.6) is 17.2 Å². The SMILES string of the molecule is CCOC(=O)c1ccc2c(c1)OCCN(C(=O)C1(COC)CCOCC1)C2C.CCOC(=O)c1ccc2c(c1)OCCNC2C.COCC1(C(=O)N2CCOc3cc(C(=O)NO)ccc3C2C)CCOCC1. The predicted molar refractivity (Wildman–Crippen MR) is 262 cm³/mol. The number of benzene rings is 3. The second-order valence-electron chi connectivity index (χ2n) is 18.4. The third-order valence-electron chi connectivity index (χ3n) is 13.9. The molecule has 3 atom stereocenters. The first-order chi connectivity index (χ1) is 34.8. The molecule has 0 aliphatic carbocycles. The van der Waals surface area contributed by atoms with Crippen LogP contribution >= 0.6 is 0 Å². The number of nitrogens with one attached hydrogen (secondary N) is 2. The minimum absolute atomic E-state index is 0.0498. The molecule has 8 rings (SSSR count). The zero-order valence-corrected chi connectivity index (χ0v) is 42.7. The first-order valence-corrected chi connectivity index (χ1v) is 24.8. The number of hydrogen-bond donors (Lipinski definition) is 3. The summed E-state index contributed by atoms with van der Waals surface area (Å²) in [4.78, 5) is 66.0. The van der Waals surface area contributed by atoms with E-state index in [1.54, 1.807) is 76.0 Å². The number of carbonyl (C=O) groups excluding carboxylic acids is 5. The van der Waals surface area contributed by atoms with Crippen LogP contribution in [-0.4, -0.2) is 151 Å². The van der Waals surface area contributed by atoms with Crippen molar-refractivity contribution in [1.82, 2.24) is 20.6 Å². The second-order valence-corrected chi connectivity index (χ2v) is 18.4. The summed E-state index contributed by atoms with van der Waals surface area (Å²) in [5.74, 6) is 0.793. The zero-order valence-electron chi connectivity index (χ0n) is 42.7. The van der Waals surface area contributed by atoms with E-state index >= 15 is 0 Å². The fraction of sp³-hybridized carbons (Fsp3) is 0.566. The average Bonchev–Trinajstić information content (AvgIpc) is 3.77. The minimum atomic E-state index is -0.604. The molecule has 2 saturated heterocycles. The monoisotopic (exact) mass is 1000 g/mol. The van der Waals surface area contributed by atoms with Gasteiger partial charge in [0.1, 0.15) is 37.1 Å². The van der Waals surface area contributed by atoms with Crippen LogP contribution in [0.1, 0.15) is 126 Å². The number of ether oxygens (including phenoxy) is 9. The van der Waals surface area contributed by atoms with Crippen LogP contribution in [0, 0.1) is 10.8 Å². The fourth-order valence-electron chi connectivity index (χ4n) is 9.77. The number of fused-ring (bicyclic) bond motifs is 3. The minimum Gasteiger partial charge on any atom is -0.492 e. The van der Waals surface area contributed by atoms with Gasteiger partial charge in [0.2, 0.25) is 11.8 Å². The third kappa shape index (κ3) is 13.0. The molecule has 19 nitrogen and oxygen atoms in total. The van der Waals surface area contributed by atoms with E-state index in [1.165, 1.54) is 0 Å². The molecule has 0 bridgehead atoms. The molecule has 0 aromatic heterocycles. The Balaban J connectivity index is 0.000000182. The number of methoxy groups -OCH3 is 2. The van der Waals surface area contributed by atoms with Gasteiger partial charge in [-0.15, -0.1) is 0 Å². The van der Waals surface area contributed by atoms with Crippen molar-refractivity contribution in [2.45, 2.75) is 78.4 Å². The van der Waals surface area contributed by atoms with Crippen LogP contribution in [-0.2, 0) is 38.0 Å². The highest BCUT2D eigenvalue weighted by molar-refractivity contribution is 5.94. The summed E-state index contributed by atoms with van der Waals surface area (Å²) in [5, 5.41) is 12.2. The molecule has 5 aliphatic rings. The molecule has 3 unspecified atom stereocenters. The zero-order chi connectivity index (χ0) is 51.8. The fourth-order valence-corrected chi connectivity index (χ4v) is 9.77. The van der Waals surface area contributed by atoms with Crippen molar-refractivity contribution in [3.8, 4) is 17.2 Å². The summed E-state index contributed by atoms with van der Waals surface area (Å²) in [6.07, 6.45) is 2.56. The Labute approximate surface area is 421 Å². The molecule has 19 heteroatoms. The maximum atomic E-state index is 13.6. The van der Waals surface area contributed by atoms with E-state index in [2.05, 4.69) is 12.2 Å². The topological polar surface area (TPSA) is 219 Å². The molecule has 72 heavy (non-hydrogen) atoms. The van der Waals surface area contributed by atoms with Gasteiger partial charge in [-0.2, -0.15) is 0 Å². The van der Waals surface area contributed by atoms with Crippen molar-refractivity contribution < 1.29 is 71.8 Å². The van der Waals surface area contributed by atoms with Gasteiger partial charge in [-0.05, 0) is 96.7 Å². The van der Waals surface area contributed by atoms with Gasteiger partial charge in [-0.1, -0.05) is 18.2 Å². The summed E-state index contributed by atoms with van der Waals surface area (Å²) in [7, 11) is 3.24. The van der Waals surface area contributed by atoms with E-state index in [0.717, 1.165) is 29.0 Å². The highest BCUT2D eigenvalue weighted by atomic mass is 16.5. The van der Waals surface area contributed by atoms with Gasteiger partial charge < -0.3 is 57.7 Å². The quantitative estimate of drug-likeness (QED) is 0.114. The van der Waals surface area contributed by atoms with E-state index < -0.39 is 16.7 Å². The lowest BCUT2D eigenvalue weighted by Crippen LogP contribution is -2.50. The van der Waals surface area contributed by atoms with Crippen molar-refractivity contribution in [2.24, 2.45) is 10.8 Å². The first kappa shape index (κ1) is 55.5. The largest absolute Gasteiger partial charge is 0.492 e. The maximum Gasteiger partial charge on any atom is 0.338 e. The Bertz CT molecular complexity index is 2320. The summed E-state index contributed by atoms with van der Waals surface area (Å²) < 4.78 is 49.1. The highest BCUT2D eigenvalue weighted by Crippen LogP contribution is 2.41. The third-order valence-corrected chi connectivity index (χ3v) is 13.9. The van der Waals surface area contributed by atoms with Crippen LogP contribution in [0.4, 0.5) is 0 Å². The Kier molecular flexibility index (Phi) is 20.2. The number of hydroxylamine groups is 1. The van der Waals surface area contributed by atoms with Gasteiger partial charge in [-0.25, -0.2) is 15.1 Å². The molecule has 0 spiro atoms. The maximum absolute atomic E-state index is 13.6. The van der Waals surface area contributed by atoms with Gasteiger partial charge in [0.05, 0.1) is 73.6 Å². The lowest BCUT2D eigenvalue weighted by atomic mass is 9.79. The first-order valence-electron chi connectivity index (χ1n) is 24.8. The average molecular weight is 1010 g/mol. The van der Waals surface area contributed by atoms with Crippen molar-refractivity contribution in [3.05, 3.63) is 88.0 Å². The van der Waals surface area contributed by atoms with Gasteiger partial charge in [-0.3, -0.25) is 19.6 Å². The summed E-state index contributed by atoms with van der Waals surface area (Å²) in [6, 6.07) is 15.6. The normalized spacial score (nSPS) is 20.8. The van der Waals surface area contributed by atoms with Crippen molar-refractivity contribution >= 4 is 29.7 Å². The van der Waals surface area contributed by atoms with Gasteiger partial charge in [0, 0.05) is 75.5 Å². The Hall–Kier alpha value is -5.83. The smallest absolute Gasteiger partial charge is 0.338 e. The molecule has 0 radical (unpaired) electrons. The van der Waals surface area contributed by atoms with Gasteiger partial charge in [0.15, 0.2) is 0 Å². The van der Waals surface area contributed by atoms with Gasteiger partial charge >= 0.3 is 11.9 Å². The number of carbonyl (C=O) groups is 5. The number of hydrogen-bond acceptors (Lipinski definition) is 16. The van der Waals surface area contributed by atoms with Crippen LogP contribution in [0.25, 0.3) is 0 Å². The molecule has 3 aromatic rings. The standard InChI is InChI=1S/C21H29NO6.C19H26N2O6.C13H17NO3/c1-4-27-19(23)16-5-6-17-15(2)22(9-12-28-18(17)13-16)20(24)21(14-25-3)7-10-26-11-8-21;1-13-15-4-3-14(17(22)20-24)11-16(15)27-10-7-21(13)18(23)19(12-25-2)5-8-26-9-6-19;1-3-16-13(15)10-4-5-11-9(2)14-6-7-17-12(11)8-10/h5-6,13,15H,4,7-12,14H2,1-3H3;3-4,11,13,24H,5-10,12H2,1-2H3,(H,20,22);4-5,8-9,14H,3,6-7H2,1-2H3. The molecule has 3 amide bonds. The van der Waals surface area contributed by atoms with Crippen LogP contribution < -0.4 is 25.0 Å². The van der Waals surface area contributed by atoms with Crippen LogP contribution in [0.3, 0.4) is 0 Å². The van der Waals surface area contributed by atoms with E-state index in [0.29, 0.717) is 140 Å². The molecule has 3 aromatic carbocycles. The lowest BCUT2D eigenvalue weighted by Gasteiger charge is -2.40. The van der Waals surface area contributed by atoms with E-state index in [9.17, 15) is 24.0 Å². The van der Waals surface area contributed by atoms with E-state index in [1.807, 2.05) is 35.8 Å². The molecule has 5 aliphatic heterocycles. The number of amides is 3. The molecule has 0 saturated carbocycles. The predicted octanol–water partition coefficient (Wildman–Crippen LogP) is 6.03. The van der Waals surface area contributed by atoms with Gasteiger partial charge in [0.25, 0.3) is 5.91 Å². The molecule has 2 fully saturated rings.